The van der Waals surface area contributed by atoms with E-state index in [4.69, 9.17) is 11.6 Å². The first-order valence-electron chi connectivity index (χ1n) is 10.2. The number of thiophene rings is 1. The number of halogens is 1. The molecule has 0 radical (unpaired) electrons. The molecule has 3 heterocycles. The van der Waals surface area contributed by atoms with E-state index in [0.717, 1.165) is 55.4 Å². The van der Waals surface area contributed by atoms with E-state index < -0.39 is 0 Å². The molecule has 3 aromatic rings. The lowest BCUT2D eigenvalue weighted by Crippen LogP contribution is -2.48. The standard InChI is InChI=1S/C23H25ClN4OS/c1-3-21-20(14-25-16(2)26-21)23(29)28-11-9-27(10-12-28)15-19-7-8-22(30-19)17-5-4-6-18(24)13-17/h4-8,13-14H,3,9-12,15H2,1-2H3. The van der Waals surface area contributed by atoms with Crippen molar-refractivity contribution in [3.05, 3.63) is 69.6 Å². The van der Waals surface area contributed by atoms with Crippen molar-refractivity contribution in [1.82, 2.24) is 19.8 Å². The summed E-state index contributed by atoms with van der Waals surface area (Å²) in [6.45, 7) is 7.96. The molecule has 1 aliphatic heterocycles. The van der Waals surface area contributed by atoms with Crippen molar-refractivity contribution < 1.29 is 4.79 Å². The summed E-state index contributed by atoms with van der Waals surface area (Å²) in [4.78, 5) is 28.5. The predicted molar refractivity (Wildman–Crippen MR) is 122 cm³/mol. The van der Waals surface area contributed by atoms with Gasteiger partial charge in [0.2, 0.25) is 0 Å². The third-order valence-electron chi connectivity index (χ3n) is 5.36. The molecule has 5 nitrogen and oxygen atoms in total. The molecule has 1 aliphatic rings. The van der Waals surface area contributed by atoms with Gasteiger partial charge in [-0.3, -0.25) is 9.69 Å². The van der Waals surface area contributed by atoms with Crippen LogP contribution in [0.2, 0.25) is 5.02 Å². The molecule has 1 fully saturated rings. The third-order valence-corrected chi connectivity index (χ3v) is 6.72. The lowest BCUT2D eigenvalue weighted by Gasteiger charge is -2.34. The highest BCUT2D eigenvalue weighted by Crippen LogP contribution is 2.30. The Kier molecular flexibility index (Phi) is 6.46. The van der Waals surface area contributed by atoms with Gasteiger partial charge in [0.05, 0.1) is 11.3 Å². The van der Waals surface area contributed by atoms with Crippen molar-refractivity contribution in [1.29, 1.82) is 0 Å². The molecule has 0 N–H and O–H groups in total. The maximum Gasteiger partial charge on any atom is 0.257 e. The summed E-state index contributed by atoms with van der Waals surface area (Å²) in [5.41, 5.74) is 2.63. The topological polar surface area (TPSA) is 49.3 Å². The quantitative estimate of drug-likeness (QED) is 0.577. The Bertz CT molecular complexity index is 1040. The fraction of sp³-hybridized carbons (Fsp3) is 0.348. The summed E-state index contributed by atoms with van der Waals surface area (Å²) in [5.74, 6) is 0.757. The van der Waals surface area contributed by atoms with Gasteiger partial charge in [0.1, 0.15) is 5.82 Å². The maximum atomic E-state index is 13.0. The van der Waals surface area contributed by atoms with Gasteiger partial charge in [-0.15, -0.1) is 11.3 Å². The summed E-state index contributed by atoms with van der Waals surface area (Å²) in [5, 5.41) is 0.758. The molecule has 0 spiro atoms. The number of aryl methyl sites for hydroxylation is 2. The van der Waals surface area contributed by atoms with Crippen molar-refractivity contribution in [2.24, 2.45) is 0 Å². The Balaban J connectivity index is 1.36. The van der Waals surface area contributed by atoms with E-state index >= 15 is 0 Å². The fourth-order valence-electron chi connectivity index (χ4n) is 3.72. The zero-order chi connectivity index (χ0) is 21.1. The minimum atomic E-state index is 0.0471. The molecule has 0 aliphatic carbocycles. The molecule has 1 saturated heterocycles. The predicted octanol–water partition coefficient (Wildman–Crippen LogP) is 4.69. The lowest BCUT2D eigenvalue weighted by molar-refractivity contribution is 0.0627. The number of benzene rings is 1. The molecule has 0 bridgehead atoms. The molecular formula is C23H25ClN4OS. The normalized spacial score (nSPS) is 14.8. The van der Waals surface area contributed by atoms with E-state index in [0.29, 0.717) is 11.4 Å². The second-order valence-electron chi connectivity index (χ2n) is 7.48. The van der Waals surface area contributed by atoms with E-state index in [1.54, 1.807) is 17.5 Å². The van der Waals surface area contributed by atoms with Gasteiger partial charge >= 0.3 is 0 Å². The minimum absolute atomic E-state index is 0.0471. The number of hydrogen-bond acceptors (Lipinski definition) is 5. The molecule has 0 saturated carbocycles. The van der Waals surface area contributed by atoms with Crippen LogP contribution in [0, 0.1) is 6.92 Å². The molecule has 30 heavy (non-hydrogen) atoms. The summed E-state index contributed by atoms with van der Waals surface area (Å²) in [6, 6.07) is 12.3. The average Bonchev–Trinajstić information content (AvgIpc) is 3.22. The molecule has 0 atom stereocenters. The number of carbonyl (C=O) groups excluding carboxylic acids is 1. The van der Waals surface area contributed by atoms with Crippen LogP contribution in [0.5, 0.6) is 0 Å². The Hall–Kier alpha value is -2.28. The first kappa shape index (κ1) is 21.0. The largest absolute Gasteiger partial charge is 0.336 e. The molecule has 4 rings (SSSR count). The highest BCUT2D eigenvalue weighted by Gasteiger charge is 2.24. The van der Waals surface area contributed by atoms with Gasteiger partial charge in [0.15, 0.2) is 0 Å². The van der Waals surface area contributed by atoms with Crippen LogP contribution >= 0.6 is 22.9 Å². The number of aromatic nitrogens is 2. The van der Waals surface area contributed by atoms with E-state index in [1.807, 2.05) is 36.9 Å². The van der Waals surface area contributed by atoms with Gasteiger partial charge in [-0.1, -0.05) is 30.7 Å². The summed E-state index contributed by atoms with van der Waals surface area (Å²) >= 11 is 7.92. The van der Waals surface area contributed by atoms with E-state index in [1.165, 1.54) is 9.75 Å². The monoisotopic (exact) mass is 440 g/mol. The molecule has 7 heteroatoms. The summed E-state index contributed by atoms with van der Waals surface area (Å²) in [7, 11) is 0. The summed E-state index contributed by atoms with van der Waals surface area (Å²) in [6.07, 6.45) is 2.41. The minimum Gasteiger partial charge on any atom is -0.336 e. The van der Waals surface area contributed by atoms with E-state index in [2.05, 4.69) is 33.1 Å². The van der Waals surface area contributed by atoms with Crippen molar-refractivity contribution in [2.45, 2.75) is 26.8 Å². The SMILES string of the molecule is CCc1nc(C)ncc1C(=O)N1CCN(Cc2ccc(-c3cccc(Cl)c3)s2)CC1. The molecule has 0 unspecified atom stereocenters. The highest BCUT2D eigenvalue weighted by atomic mass is 35.5. The number of amides is 1. The van der Waals surface area contributed by atoms with Crippen LogP contribution in [0.4, 0.5) is 0 Å². The van der Waals surface area contributed by atoms with Crippen LogP contribution in [-0.2, 0) is 13.0 Å². The number of carbonyl (C=O) groups is 1. The molecule has 2 aromatic heterocycles. The molecular weight excluding hydrogens is 416 g/mol. The van der Waals surface area contributed by atoms with Gasteiger partial charge in [-0.2, -0.15) is 0 Å². The average molecular weight is 441 g/mol. The zero-order valence-electron chi connectivity index (χ0n) is 17.3. The Morgan fingerprint density at radius 3 is 2.70 bits per heavy atom. The second kappa shape index (κ2) is 9.25. The van der Waals surface area contributed by atoms with E-state index in [9.17, 15) is 4.79 Å². The summed E-state index contributed by atoms with van der Waals surface area (Å²) < 4.78 is 0. The molecule has 156 valence electrons. The van der Waals surface area contributed by atoms with Crippen LogP contribution < -0.4 is 0 Å². The first-order valence-corrected chi connectivity index (χ1v) is 11.4. The lowest BCUT2D eigenvalue weighted by atomic mass is 10.1. The van der Waals surface area contributed by atoms with E-state index in [-0.39, 0.29) is 5.91 Å². The van der Waals surface area contributed by atoms with Crippen molar-refractivity contribution in [3.63, 3.8) is 0 Å². The molecule has 1 aromatic carbocycles. The fourth-order valence-corrected chi connectivity index (χ4v) is 4.96. The van der Waals surface area contributed by atoms with Crippen LogP contribution in [0.1, 0.15) is 33.7 Å². The maximum absolute atomic E-state index is 13.0. The number of rotatable bonds is 5. The van der Waals surface area contributed by atoms with Crippen molar-refractivity contribution in [2.75, 3.05) is 26.2 Å². The first-order chi connectivity index (χ1) is 14.5. The Morgan fingerprint density at radius 2 is 1.97 bits per heavy atom. The van der Waals surface area contributed by atoms with Crippen LogP contribution in [0.3, 0.4) is 0 Å². The van der Waals surface area contributed by atoms with Crippen LogP contribution in [0.25, 0.3) is 10.4 Å². The number of piperazine rings is 1. The van der Waals surface area contributed by atoms with Crippen molar-refractivity contribution >= 4 is 28.8 Å². The Labute approximate surface area is 186 Å². The zero-order valence-corrected chi connectivity index (χ0v) is 18.8. The third kappa shape index (κ3) is 4.72. The van der Waals surface area contributed by atoms with Crippen LogP contribution in [-0.4, -0.2) is 51.9 Å². The molecule has 1 amide bonds. The highest BCUT2D eigenvalue weighted by molar-refractivity contribution is 7.15. The number of hydrogen-bond donors (Lipinski definition) is 0. The number of nitrogens with zero attached hydrogens (tertiary/aromatic N) is 4. The van der Waals surface area contributed by atoms with Gasteiger partial charge in [0, 0.05) is 53.7 Å². The van der Waals surface area contributed by atoms with Gasteiger partial charge in [-0.25, -0.2) is 9.97 Å². The van der Waals surface area contributed by atoms with Gasteiger partial charge in [-0.05, 0) is 43.2 Å². The second-order valence-corrected chi connectivity index (χ2v) is 9.08. The van der Waals surface area contributed by atoms with Gasteiger partial charge < -0.3 is 4.90 Å². The van der Waals surface area contributed by atoms with Crippen molar-refractivity contribution in [3.8, 4) is 10.4 Å². The smallest absolute Gasteiger partial charge is 0.257 e. The van der Waals surface area contributed by atoms with Crippen LogP contribution in [0.15, 0.2) is 42.6 Å². The van der Waals surface area contributed by atoms with Gasteiger partial charge in [0.25, 0.3) is 5.91 Å². The Morgan fingerprint density at radius 1 is 1.17 bits per heavy atom.